The van der Waals surface area contributed by atoms with Gasteiger partial charge in [-0.15, -0.1) is 0 Å². The second kappa shape index (κ2) is 6.55. The molecule has 2 N–H and O–H groups in total. The maximum Gasteiger partial charge on any atom is 0.227 e. The van der Waals surface area contributed by atoms with E-state index in [0.29, 0.717) is 34.7 Å². The number of carbonyl (C=O) groups excluding carboxylic acids is 1. The summed E-state index contributed by atoms with van der Waals surface area (Å²) in [7, 11) is 0. The van der Waals surface area contributed by atoms with Gasteiger partial charge in [0, 0.05) is 19.0 Å². The SMILES string of the molecule is O=C(CC1COCCN1)Nc1ncc(Br)nc1Br. The summed E-state index contributed by atoms with van der Waals surface area (Å²) in [6.45, 7) is 2.03. The average molecular weight is 380 g/mol. The van der Waals surface area contributed by atoms with Crippen LogP contribution in [0.5, 0.6) is 0 Å². The Morgan fingerprint density at radius 1 is 1.61 bits per heavy atom. The summed E-state index contributed by atoms with van der Waals surface area (Å²) in [6, 6.07) is 0.0564. The molecule has 0 aliphatic carbocycles. The van der Waals surface area contributed by atoms with Crippen molar-refractivity contribution in [2.24, 2.45) is 0 Å². The quantitative estimate of drug-likeness (QED) is 0.828. The third-order valence-corrected chi connectivity index (χ3v) is 3.32. The number of aromatic nitrogens is 2. The van der Waals surface area contributed by atoms with Crippen molar-refractivity contribution >= 4 is 43.6 Å². The minimum absolute atomic E-state index is 0.0564. The smallest absolute Gasteiger partial charge is 0.227 e. The molecule has 1 unspecified atom stereocenters. The maximum atomic E-state index is 11.8. The minimum Gasteiger partial charge on any atom is -0.378 e. The molecule has 0 bridgehead atoms. The van der Waals surface area contributed by atoms with Crippen molar-refractivity contribution in [3.05, 3.63) is 15.4 Å². The molecule has 2 heterocycles. The summed E-state index contributed by atoms with van der Waals surface area (Å²) in [5.74, 6) is 0.301. The Balaban J connectivity index is 1.90. The number of amides is 1. The lowest BCUT2D eigenvalue weighted by Crippen LogP contribution is -2.43. The summed E-state index contributed by atoms with van der Waals surface area (Å²) in [5, 5.41) is 5.93. The lowest BCUT2D eigenvalue weighted by atomic mass is 10.2. The number of anilines is 1. The van der Waals surface area contributed by atoms with Gasteiger partial charge < -0.3 is 15.4 Å². The van der Waals surface area contributed by atoms with Crippen LogP contribution < -0.4 is 10.6 Å². The first-order chi connectivity index (χ1) is 8.65. The molecule has 0 aromatic carbocycles. The van der Waals surface area contributed by atoms with Gasteiger partial charge in [0.1, 0.15) is 9.21 Å². The number of hydrogen-bond acceptors (Lipinski definition) is 5. The number of morpholine rings is 1. The first kappa shape index (κ1) is 13.9. The van der Waals surface area contributed by atoms with E-state index in [9.17, 15) is 4.79 Å². The molecular weight excluding hydrogens is 368 g/mol. The molecule has 1 saturated heterocycles. The molecule has 98 valence electrons. The molecule has 2 rings (SSSR count). The first-order valence-corrected chi connectivity index (χ1v) is 7.03. The second-order valence-corrected chi connectivity index (χ2v) is 5.37. The van der Waals surface area contributed by atoms with Crippen LogP contribution in [0.15, 0.2) is 15.4 Å². The van der Waals surface area contributed by atoms with E-state index in [1.54, 1.807) is 0 Å². The molecule has 1 aromatic heterocycles. The third-order valence-electron chi connectivity index (χ3n) is 2.39. The van der Waals surface area contributed by atoms with E-state index in [1.165, 1.54) is 6.20 Å². The standard InChI is InChI=1S/C10H12Br2N4O2/c11-7-4-14-10(9(12)15-7)16-8(17)3-6-5-18-2-1-13-6/h4,6,13H,1-3,5H2,(H,14,16,17). The number of carbonyl (C=O) groups is 1. The highest BCUT2D eigenvalue weighted by Gasteiger charge is 2.18. The van der Waals surface area contributed by atoms with E-state index < -0.39 is 0 Å². The molecule has 1 aromatic rings. The Morgan fingerprint density at radius 2 is 2.44 bits per heavy atom. The molecule has 18 heavy (non-hydrogen) atoms. The summed E-state index contributed by atoms with van der Waals surface area (Å²) < 4.78 is 6.39. The van der Waals surface area contributed by atoms with Crippen molar-refractivity contribution in [3.63, 3.8) is 0 Å². The molecule has 0 radical (unpaired) electrons. The topological polar surface area (TPSA) is 76.1 Å². The fourth-order valence-corrected chi connectivity index (χ4v) is 2.50. The monoisotopic (exact) mass is 378 g/mol. The Morgan fingerprint density at radius 3 is 3.11 bits per heavy atom. The lowest BCUT2D eigenvalue weighted by Gasteiger charge is -2.23. The van der Waals surface area contributed by atoms with Crippen LogP contribution in [-0.4, -0.2) is 41.7 Å². The van der Waals surface area contributed by atoms with Crippen LogP contribution in [0.3, 0.4) is 0 Å². The molecule has 1 aliphatic rings. The van der Waals surface area contributed by atoms with Crippen molar-refractivity contribution in [3.8, 4) is 0 Å². The molecule has 1 amide bonds. The maximum absolute atomic E-state index is 11.8. The largest absolute Gasteiger partial charge is 0.378 e. The summed E-state index contributed by atoms with van der Waals surface area (Å²) >= 11 is 6.44. The lowest BCUT2D eigenvalue weighted by molar-refractivity contribution is -0.117. The van der Waals surface area contributed by atoms with E-state index in [1.807, 2.05) is 0 Å². The zero-order chi connectivity index (χ0) is 13.0. The zero-order valence-electron chi connectivity index (χ0n) is 9.45. The van der Waals surface area contributed by atoms with E-state index in [4.69, 9.17) is 4.74 Å². The van der Waals surface area contributed by atoms with Crippen LogP contribution in [-0.2, 0) is 9.53 Å². The molecule has 1 fully saturated rings. The van der Waals surface area contributed by atoms with Crippen LogP contribution in [0, 0.1) is 0 Å². The van der Waals surface area contributed by atoms with Crippen molar-refractivity contribution in [2.75, 3.05) is 25.1 Å². The predicted molar refractivity (Wildman–Crippen MR) is 73.3 cm³/mol. The highest BCUT2D eigenvalue weighted by molar-refractivity contribution is 9.11. The Kier molecular flexibility index (Phi) is 5.04. The fourth-order valence-electron chi connectivity index (χ4n) is 1.59. The van der Waals surface area contributed by atoms with E-state index >= 15 is 0 Å². The number of ether oxygens (including phenoxy) is 1. The third kappa shape index (κ3) is 3.98. The van der Waals surface area contributed by atoms with E-state index in [2.05, 4.69) is 52.5 Å². The summed E-state index contributed by atoms with van der Waals surface area (Å²) in [5.41, 5.74) is 0. The molecule has 0 saturated carbocycles. The molecule has 1 aliphatic heterocycles. The van der Waals surface area contributed by atoms with Crippen LogP contribution >= 0.6 is 31.9 Å². The van der Waals surface area contributed by atoms with Crippen molar-refractivity contribution < 1.29 is 9.53 Å². The van der Waals surface area contributed by atoms with Crippen LogP contribution in [0.4, 0.5) is 5.82 Å². The average Bonchev–Trinajstić information content (AvgIpc) is 2.34. The van der Waals surface area contributed by atoms with Gasteiger partial charge in [0.05, 0.1) is 19.4 Å². The van der Waals surface area contributed by atoms with Crippen molar-refractivity contribution in [1.29, 1.82) is 0 Å². The van der Waals surface area contributed by atoms with Gasteiger partial charge in [-0.1, -0.05) is 0 Å². The van der Waals surface area contributed by atoms with Gasteiger partial charge in [0.15, 0.2) is 5.82 Å². The van der Waals surface area contributed by atoms with Gasteiger partial charge in [-0.3, -0.25) is 4.79 Å². The Hall–Kier alpha value is -0.570. The fraction of sp³-hybridized carbons (Fsp3) is 0.500. The molecular formula is C10H12Br2N4O2. The van der Waals surface area contributed by atoms with Gasteiger partial charge in [-0.25, -0.2) is 9.97 Å². The van der Waals surface area contributed by atoms with Gasteiger partial charge in [-0.05, 0) is 31.9 Å². The minimum atomic E-state index is -0.115. The predicted octanol–water partition coefficient (Wildman–Crippen LogP) is 1.32. The Bertz CT molecular complexity index is 438. The Labute approximate surface area is 121 Å². The van der Waals surface area contributed by atoms with Crippen LogP contribution in [0.1, 0.15) is 6.42 Å². The summed E-state index contributed by atoms with van der Waals surface area (Å²) in [4.78, 5) is 20.0. The number of rotatable bonds is 3. The molecule has 1 atom stereocenters. The zero-order valence-corrected chi connectivity index (χ0v) is 12.6. The highest BCUT2D eigenvalue weighted by atomic mass is 79.9. The second-order valence-electron chi connectivity index (χ2n) is 3.81. The van der Waals surface area contributed by atoms with Gasteiger partial charge in [0.2, 0.25) is 5.91 Å². The molecule has 8 heteroatoms. The number of nitrogens with zero attached hydrogens (tertiary/aromatic N) is 2. The van der Waals surface area contributed by atoms with Crippen LogP contribution in [0.2, 0.25) is 0 Å². The highest BCUT2D eigenvalue weighted by Crippen LogP contribution is 2.19. The first-order valence-electron chi connectivity index (χ1n) is 5.44. The van der Waals surface area contributed by atoms with Gasteiger partial charge in [-0.2, -0.15) is 0 Å². The van der Waals surface area contributed by atoms with E-state index in [-0.39, 0.29) is 11.9 Å². The molecule has 0 spiro atoms. The van der Waals surface area contributed by atoms with Gasteiger partial charge >= 0.3 is 0 Å². The number of hydrogen-bond donors (Lipinski definition) is 2. The number of halogens is 2. The van der Waals surface area contributed by atoms with Gasteiger partial charge in [0.25, 0.3) is 0 Å². The number of nitrogens with one attached hydrogen (secondary N) is 2. The van der Waals surface area contributed by atoms with E-state index in [0.717, 1.165) is 6.54 Å². The van der Waals surface area contributed by atoms with Crippen LogP contribution in [0.25, 0.3) is 0 Å². The normalized spacial score (nSPS) is 19.6. The summed E-state index contributed by atoms with van der Waals surface area (Å²) in [6.07, 6.45) is 1.88. The van der Waals surface area contributed by atoms with Crippen molar-refractivity contribution in [1.82, 2.24) is 15.3 Å². The van der Waals surface area contributed by atoms with Crippen molar-refractivity contribution in [2.45, 2.75) is 12.5 Å². The molecule has 6 nitrogen and oxygen atoms in total.